The van der Waals surface area contributed by atoms with E-state index in [-0.39, 0.29) is 0 Å². The summed E-state index contributed by atoms with van der Waals surface area (Å²) in [6.45, 7) is 3.71. The molecule has 0 unspecified atom stereocenters. The van der Waals surface area contributed by atoms with Crippen LogP contribution in [0.2, 0.25) is 0 Å². The van der Waals surface area contributed by atoms with E-state index in [4.69, 9.17) is 0 Å². The Balaban J connectivity index is 3.21. The number of hydrogen-bond acceptors (Lipinski definition) is 0. The number of hydrogen-bond donors (Lipinski definition) is 0. The van der Waals surface area contributed by atoms with Crippen molar-refractivity contribution in [1.29, 1.82) is 0 Å². The molecule has 1 aromatic rings. The summed E-state index contributed by atoms with van der Waals surface area (Å²) in [7, 11) is 0. The van der Waals surface area contributed by atoms with Gasteiger partial charge in [-0.15, -0.1) is 0 Å². The minimum atomic E-state index is 1.10. The van der Waals surface area contributed by atoms with Crippen molar-refractivity contribution >= 4 is 44.6 Å². The van der Waals surface area contributed by atoms with Gasteiger partial charge >= 0.3 is 0 Å². The predicted octanol–water partition coefficient (Wildman–Crippen LogP) is 3.70. The molecule has 0 spiro atoms. The summed E-state index contributed by atoms with van der Waals surface area (Å²) >= 11 is 5.67. The molecule has 0 aromatic heterocycles. The highest BCUT2D eigenvalue weighted by molar-refractivity contribution is 14.1. The fourth-order valence-electron chi connectivity index (χ4n) is 0.671. The molecule has 2 heteroatoms. The first-order chi connectivity index (χ1) is 4.74. The van der Waals surface area contributed by atoms with E-state index in [2.05, 4.69) is 57.2 Å². The first kappa shape index (κ1) is 8.27. The molecule has 0 radical (unpaired) electrons. The molecule has 0 bridgehead atoms. The molecule has 0 atom stereocenters. The zero-order valence-corrected chi connectivity index (χ0v) is 9.02. The Kier molecular flexibility index (Phi) is 2.92. The number of rotatable bonds is 1. The minimum absolute atomic E-state index is 1.10. The lowest BCUT2D eigenvalue weighted by molar-refractivity contribution is 1.56. The highest BCUT2D eigenvalue weighted by Crippen LogP contribution is 2.18. The van der Waals surface area contributed by atoms with Gasteiger partial charge in [0.05, 0.1) is 0 Å². The molecule has 0 amide bonds. The number of halogens is 2. The maximum atomic E-state index is 3.71. The fraction of sp³-hybridized carbons (Fsp3) is 0. The molecule has 0 nitrogen and oxygen atoms in total. The average molecular weight is 309 g/mol. The maximum Gasteiger partial charge on any atom is 0.0203 e. The summed E-state index contributed by atoms with van der Waals surface area (Å²) in [5.74, 6) is 0. The molecule has 0 saturated heterocycles. The Labute approximate surface area is 82.6 Å². The first-order valence-electron chi connectivity index (χ1n) is 2.81. The molecular formula is C8H6BrI. The van der Waals surface area contributed by atoms with E-state index < -0.39 is 0 Å². The fourth-order valence-corrected chi connectivity index (χ4v) is 1.61. The molecule has 1 aromatic carbocycles. The molecule has 0 aliphatic heterocycles. The van der Waals surface area contributed by atoms with Crippen LogP contribution in [0.25, 0.3) is 6.08 Å². The second-order valence-electron chi connectivity index (χ2n) is 1.87. The Bertz CT molecular complexity index is 255. The highest BCUT2D eigenvalue weighted by Gasteiger charge is 1.93. The van der Waals surface area contributed by atoms with E-state index in [0.717, 1.165) is 4.47 Å². The third-order valence-corrected chi connectivity index (χ3v) is 2.65. The number of benzene rings is 1. The van der Waals surface area contributed by atoms with E-state index in [9.17, 15) is 0 Å². The van der Waals surface area contributed by atoms with Crippen molar-refractivity contribution in [3.05, 3.63) is 38.4 Å². The van der Waals surface area contributed by atoms with Crippen LogP contribution >= 0.6 is 38.5 Å². The van der Waals surface area contributed by atoms with Crippen molar-refractivity contribution in [3.63, 3.8) is 0 Å². The molecule has 52 valence electrons. The van der Waals surface area contributed by atoms with Crippen LogP contribution in [0.15, 0.2) is 29.3 Å². The summed E-state index contributed by atoms with van der Waals surface area (Å²) < 4.78 is 2.33. The standard InChI is InChI=1S/C8H6BrI/c1-2-6-5-7(9)3-4-8(6)10/h2-5H,1H2. The van der Waals surface area contributed by atoms with Crippen molar-refractivity contribution in [2.45, 2.75) is 0 Å². The van der Waals surface area contributed by atoms with E-state index in [1.54, 1.807) is 0 Å². The van der Waals surface area contributed by atoms with Crippen molar-refractivity contribution in [3.8, 4) is 0 Å². The lowest BCUT2D eigenvalue weighted by Gasteiger charge is -1.97. The summed E-state index contributed by atoms with van der Waals surface area (Å²) in [5.41, 5.74) is 1.18. The minimum Gasteiger partial charge on any atom is -0.0984 e. The van der Waals surface area contributed by atoms with Gasteiger partial charge in [0, 0.05) is 8.04 Å². The molecule has 10 heavy (non-hydrogen) atoms. The van der Waals surface area contributed by atoms with Crippen molar-refractivity contribution in [1.82, 2.24) is 0 Å². The van der Waals surface area contributed by atoms with Gasteiger partial charge in [-0.1, -0.05) is 28.6 Å². The molecule has 0 saturated carbocycles. The highest BCUT2D eigenvalue weighted by atomic mass is 127. The Hall–Kier alpha value is 0.170. The smallest absolute Gasteiger partial charge is 0.0203 e. The van der Waals surface area contributed by atoms with Gasteiger partial charge in [-0.3, -0.25) is 0 Å². The van der Waals surface area contributed by atoms with E-state index in [1.165, 1.54) is 9.13 Å². The summed E-state index contributed by atoms with van der Waals surface area (Å²) in [6, 6.07) is 6.13. The van der Waals surface area contributed by atoms with Gasteiger partial charge in [-0.2, -0.15) is 0 Å². The molecular weight excluding hydrogens is 303 g/mol. The van der Waals surface area contributed by atoms with Crippen LogP contribution in [0.4, 0.5) is 0 Å². The van der Waals surface area contributed by atoms with E-state index in [1.807, 2.05) is 12.1 Å². The molecule has 0 N–H and O–H groups in total. The lowest BCUT2D eigenvalue weighted by atomic mass is 10.2. The summed E-state index contributed by atoms with van der Waals surface area (Å²) in [5, 5.41) is 0. The quantitative estimate of drug-likeness (QED) is 0.694. The van der Waals surface area contributed by atoms with Crippen LogP contribution in [0.3, 0.4) is 0 Å². The second kappa shape index (κ2) is 3.53. The largest absolute Gasteiger partial charge is 0.0984 e. The first-order valence-corrected chi connectivity index (χ1v) is 4.68. The predicted molar refractivity (Wildman–Crippen MR) is 57.0 cm³/mol. The zero-order valence-electron chi connectivity index (χ0n) is 5.27. The van der Waals surface area contributed by atoms with Crippen LogP contribution in [-0.2, 0) is 0 Å². The summed E-state index contributed by atoms with van der Waals surface area (Å²) in [6.07, 6.45) is 1.85. The van der Waals surface area contributed by atoms with Gasteiger partial charge in [-0.05, 0) is 46.4 Å². The lowest BCUT2D eigenvalue weighted by Crippen LogP contribution is -1.77. The van der Waals surface area contributed by atoms with E-state index in [0.29, 0.717) is 0 Å². The monoisotopic (exact) mass is 308 g/mol. The van der Waals surface area contributed by atoms with Crippen LogP contribution in [0.5, 0.6) is 0 Å². The molecule has 0 fully saturated rings. The van der Waals surface area contributed by atoms with Crippen molar-refractivity contribution < 1.29 is 0 Å². The molecule has 0 heterocycles. The van der Waals surface area contributed by atoms with Gasteiger partial charge in [0.15, 0.2) is 0 Å². The van der Waals surface area contributed by atoms with Gasteiger partial charge < -0.3 is 0 Å². The van der Waals surface area contributed by atoms with Crippen LogP contribution in [-0.4, -0.2) is 0 Å². The van der Waals surface area contributed by atoms with Gasteiger partial charge in [0.25, 0.3) is 0 Å². The SMILES string of the molecule is C=Cc1cc(Br)ccc1I. The van der Waals surface area contributed by atoms with Gasteiger partial charge in [0.1, 0.15) is 0 Å². The average Bonchev–Trinajstić information content (AvgIpc) is 1.94. The topological polar surface area (TPSA) is 0 Å². The van der Waals surface area contributed by atoms with Gasteiger partial charge in [-0.25, -0.2) is 0 Å². The van der Waals surface area contributed by atoms with Crippen molar-refractivity contribution in [2.24, 2.45) is 0 Å². The Morgan fingerprint density at radius 1 is 1.50 bits per heavy atom. The zero-order chi connectivity index (χ0) is 7.56. The summed E-state index contributed by atoms with van der Waals surface area (Å²) in [4.78, 5) is 0. The molecule has 0 aliphatic rings. The molecule has 1 rings (SSSR count). The van der Waals surface area contributed by atoms with Crippen LogP contribution in [0.1, 0.15) is 5.56 Å². The van der Waals surface area contributed by atoms with Crippen molar-refractivity contribution in [2.75, 3.05) is 0 Å². The third-order valence-electron chi connectivity index (χ3n) is 1.18. The van der Waals surface area contributed by atoms with Gasteiger partial charge in [0.2, 0.25) is 0 Å². The third kappa shape index (κ3) is 1.83. The normalized spacial score (nSPS) is 9.40. The maximum absolute atomic E-state index is 3.71. The van der Waals surface area contributed by atoms with Crippen LogP contribution < -0.4 is 0 Å². The van der Waals surface area contributed by atoms with E-state index >= 15 is 0 Å². The second-order valence-corrected chi connectivity index (χ2v) is 3.95. The van der Waals surface area contributed by atoms with Crippen LogP contribution in [0, 0.1) is 3.57 Å². The Morgan fingerprint density at radius 3 is 2.70 bits per heavy atom. The molecule has 0 aliphatic carbocycles. The Morgan fingerprint density at radius 2 is 2.20 bits per heavy atom.